The minimum atomic E-state index is -0.374. The Hall–Kier alpha value is -3.06. The van der Waals surface area contributed by atoms with Gasteiger partial charge >= 0.3 is 0 Å². The molecule has 0 atom stereocenters. The molecular weight excluding hydrogens is 342 g/mol. The van der Waals surface area contributed by atoms with Crippen LogP contribution in [0.25, 0.3) is 17.1 Å². The topological polar surface area (TPSA) is 92.9 Å². The van der Waals surface area contributed by atoms with Crippen molar-refractivity contribution in [2.75, 3.05) is 0 Å². The summed E-state index contributed by atoms with van der Waals surface area (Å²) in [6, 6.07) is 8.99. The number of aryl methyl sites for hydroxylation is 1. The summed E-state index contributed by atoms with van der Waals surface area (Å²) in [4.78, 5) is 21.3. The zero-order valence-electron chi connectivity index (χ0n) is 15.9. The zero-order valence-corrected chi connectivity index (χ0v) is 15.9. The summed E-state index contributed by atoms with van der Waals surface area (Å²) >= 11 is 0. The molecule has 0 radical (unpaired) electrons. The van der Waals surface area contributed by atoms with Gasteiger partial charge in [0.25, 0.3) is 5.91 Å². The molecule has 0 aliphatic heterocycles. The highest BCUT2D eigenvalue weighted by Gasteiger charge is 2.21. The lowest BCUT2D eigenvalue weighted by molar-refractivity contribution is 0.0914. The van der Waals surface area contributed by atoms with Gasteiger partial charge in [-0.3, -0.25) is 14.8 Å². The number of hydrogen-bond donors (Lipinski definition) is 2. The van der Waals surface area contributed by atoms with Crippen molar-refractivity contribution in [3.05, 3.63) is 59.7 Å². The zero-order chi connectivity index (χ0) is 19.6. The van der Waals surface area contributed by atoms with Gasteiger partial charge in [-0.05, 0) is 63.6 Å². The quantitative estimate of drug-likeness (QED) is 0.741. The van der Waals surface area contributed by atoms with E-state index in [1.54, 1.807) is 35.3 Å². The molecule has 3 rings (SSSR count). The summed E-state index contributed by atoms with van der Waals surface area (Å²) < 4.78 is 1.65. The third kappa shape index (κ3) is 4.38. The van der Waals surface area contributed by atoms with Gasteiger partial charge in [-0.25, -0.2) is 4.68 Å². The van der Waals surface area contributed by atoms with Gasteiger partial charge in [-0.2, -0.15) is 5.10 Å². The normalized spacial score (nSPS) is 11.4. The Kier molecular flexibility index (Phi) is 5.05. The Morgan fingerprint density at radius 1 is 1.19 bits per heavy atom. The molecule has 27 heavy (non-hydrogen) atoms. The maximum atomic E-state index is 12.6. The maximum Gasteiger partial charge on any atom is 0.272 e. The van der Waals surface area contributed by atoms with Gasteiger partial charge in [0.15, 0.2) is 5.69 Å². The van der Waals surface area contributed by atoms with Gasteiger partial charge in [-0.15, -0.1) is 0 Å². The van der Waals surface area contributed by atoms with Crippen LogP contribution in [0.4, 0.5) is 0 Å². The van der Waals surface area contributed by atoms with Crippen LogP contribution >= 0.6 is 0 Å². The van der Waals surface area contributed by atoms with Gasteiger partial charge in [0, 0.05) is 17.4 Å². The molecule has 3 heterocycles. The van der Waals surface area contributed by atoms with Crippen LogP contribution < -0.4 is 5.32 Å². The lowest BCUT2D eigenvalue weighted by Gasteiger charge is -2.19. The fourth-order valence-electron chi connectivity index (χ4n) is 2.57. The number of carbonyl (C=O) groups excluding carboxylic acids is 1. The Bertz CT molecular complexity index is 955. The minimum Gasteiger partial charge on any atom is -0.392 e. The van der Waals surface area contributed by atoms with Crippen molar-refractivity contribution in [3.63, 3.8) is 0 Å². The molecule has 0 unspecified atom stereocenters. The van der Waals surface area contributed by atoms with Crippen LogP contribution in [0.3, 0.4) is 0 Å². The first-order valence-corrected chi connectivity index (χ1v) is 8.68. The number of rotatable bonds is 4. The fourth-order valence-corrected chi connectivity index (χ4v) is 2.57. The predicted octanol–water partition coefficient (Wildman–Crippen LogP) is 2.66. The highest BCUT2D eigenvalue weighted by molar-refractivity contribution is 5.94. The van der Waals surface area contributed by atoms with Crippen molar-refractivity contribution in [3.8, 4) is 17.1 Å². The predicted molar refractivity (Wildman–Crippen MR) is 102 cm³/mol. The molecule has 0 aliphatic rings. The van der Waals surface area contributed by atoms with Crippen LogP contribution in [0.5, 0.6) is 0 Å². The third-order valence-corrected chi connectivity index (χ3v) is 3.84. The summed E-state index contributed by atoms with van der Waals surface area (Å²) in [5.41, 5.74) is 3.52. The molecule has 3 aromatic rings. The molecule has 0 aromatic carbocycles. The Balaban J connectivity index is 2.11. The lowest BCUT2D eigenvalue weighted by Crippen LogP contribution is -2.40. The van der Waals surface area contributed by atoms with Crippen molar-refractivity contribution in [1.82, 2.24) is 25.1 Å². The van der Waals surface area contributed by atoms with Crippen LogP contribution in [-0.2, 0) is 6.61 Å². The van der Waals surface area contributed by atoms with Crippen molar-refractivity contribution in [2.24, 2.45) is 0 Å². The van der Waals surface area contributed by atoms with Gasteiger partial charge in [0.05, 0.1) is 29.9 Å². The molecule has 0 aliphatic carbocycles. The Morgan fingerprint density at radius 3 is 2.59 bits per heavy atom. The summed E-state index contributed by atoms with van der Waals surface area (Å²) in [5, 5.41) is 16.8. The minimum absolute atomic E-state index is 0.0902. The van der Waals surface area contributed by atoms with Crippen molar-refractivity contribution in [2.45, 2.75) is 39.8 Å². The number of aliphatic hydroxyl groups excluding tert-OH is 1. The summed E-state index contributed by atoms with van der Waals surface area (Å²) in [6.07, 6.45) is 3.33. The average Bonchev–Trinajstić information content (AvgIpc) is 3.06. The molecule has 0 fully saturated rings. The number of pyridine rings is 2. The second-order valence-corrected chi connectivity index (χ2v) is 7.40. The first-order valence-electron chi connectivity index (χ1n) is 8.68. The van der Waals surface area contributed by atoms with E-state index < -0.39 is 0 Å². The third-order valence-electron chi connectivity index (χ3n) is 3.84. The Morgan fingerprint density at radius 2 is 1.96 bits per heavy atom. The maximum absolute atomic E-state index is 12.6. The number of aromatic nitrogens is 4. The fraction of sp³-hybridized carbons (Fsp3) is 0.300. The van der Waals surface area contributed by atoms with Crippen LogP contribution in [0.2, 0.25) is 0 Å². The molecule has 2 N–H and O–H groups in total. The van der Waals surface area contributed by atoms with E-state index in [1.165, 1.54) is 0 Å². The van der Waals surface area contributed by atoms with Crippen LogP contribution in [0.1, 0.15) is 42.5 Å². The Labute approximate surface area is 158 Å². The van der Waals surface area contributed by atoms with Crippen molar-refractivity contribution >= 4 is 5.91 Å². The van der Waals surface area contributed by atoms with Crippen molar-refractivity contribution < 1.29 is 9.90 Å². The van der Waals surface area contributed by atoms with Gasteiger partial charge in [-0.1, -0.05) is 0 Å². The number of nitrogens with zero attached hydrogens (tertiary/aromatic N) is 4. The molecule has 7 heteroatoms. The first-order chi connectivity index (χ1) is 12.8. The number of amides is 1. The molecule has 0 saturated carbocycles. The standard InChI is InChI=1S/C20H23N5O2/c1-13-5-6-15(11-22-13)25-18(16-9-14(12-26)7-8-21-16)10-17(24-25)19(27)23-20(2,3)4/h5-11,26H,12H2,1-4H3,(H,23,27). The second kappa shape index (κ2) is 7.28. The molecule has 1 amide bonds. The summed E-state index contributed by atoms with van der Waals surface area (Å²) in [6.45, 7) is 7.56. The van der Waals surface area contributed by atoms with E-state index in [2.05, 4.69) is 20.4 Å². The monoisotopic (exact) mass is 365 g/mol. The molecule has 0 bridgehead atoms. The molecule has 0 saturated heterocycles. The van der Waals surface area contributed by atoms with E-state index in [0.29, 0.717) is 11.4 Å². The number of carbonyl (C=O) groups is 1. The molecule has 0 spiro atoms. The smallest absolute Gasteiger partial charge is 0.272 e. The van der Waals surface area contributed by atoms with Gasteiger partial charge in [0.1, 0.15) is 0 Å². The largest absolute Gasteiger partial charge is 0.392 e. The number of nitrogens with one attached hydrogen (secondary N) is 1. The van der Waals surface area contributed by atoms with Crippen molar-refractivity contribution in [1.29, 1.82) is 0 Å². The van der Waals surface area contributed by atoms with E-state index in [9.17, 15) is 9.90 Å². The van der Waals surface area contributed by atoms with Crippen LogP contribution in [-0.4, -0.2) is 36.3 Å². The van der Waals surface area contributed by atoms with E-state index in [-0.39, 0.29) is 23.7 Å². The first kappa shape index (κ1) is 18.7. The van der Waals surface area contributed by atoms with Crippen LogP contribution in [0, 0.1) is 6.92 Å². The van der Waals surface area contributed by atoms with Gasteiger partial charge in [0.2, 0.25) is 0 Å². The second-order valence-electron chi connectivity index (χ2n) is 7.40. The lowest BCUT2D eigenvalue weighted by atomic mass is 10.1. The molecule has 7 nitrogen and oxygen atoms in total. The van der Waals surface area contributed by atoms with E-state index in [4.69, 9.17) is 0 Å². The van der Waals surface area contributed by atoms with Gasteiger partial charge < -0.3 is 10.4 Å². The highest BCUT2D eigenvalue weighted by Crippen LogP contribution is 2.23. The number of aliphatic hydroxyl groups is 1. The SMILES string of the molecule is Cc1ccc(-n2nc(C(=O)NC(C)(C)C)cc2-c2cc(CO)ccn2)cn1. The molecule has 3 aromatic heterocycles. The van der Waals surface area contributed by atoms with E-state index in [1.807, 2.05) is 39.8 Å². The van der Waals surface area contributed by atoms with E-state index >= 15 is 0 Å². The molecular formula is C20H23N5O2. The average molecular weight is 365 g/mol. The highest BCUT2D eigenvalue weighted by atomic mass is 16.3. The summed E-state index contributed by atoms with van der Waals surface area (Å²) in [7, 11) is 0. The summed E-state index contributed by atoms with van der Waals surface area (Å²) in [5.74, 6) is -0.263. The number of hydrogen-bond acceptors (Lipinski definition) is 5. The van der Waals surface area contributed by atoms with E-state index in [0.717, 1.165) is 16.9 Å². The van der Waals surface area contributed by atoms with Crippen LogP contribution in [0.15, 0.2) is 42.7 Å². The molecule has 140 valence electrons.